The first kappa shape index (κ1) is 12.0. The average molecular weight is 204 g/mol. The first-order chi connectivity index (χ1) is 6.17. The molecule has 0 aromatic rings. The molecule has 74 valence electrons. The molecule has 0 radical (unpaired) electrons. The van der Waals surface area contributed by atoms with E-state index in [4.69, 9.17) is 5.11 Å². The van der Waals surface area contributed by atoms with Gasteiger partial charge >= 0.3 is 5.97 Å². The lowest BCUT2D eigenvalue weighted by atomic mass is 10.2. The Balaban J connectivity index is 4.35. The minimum atomic E-state index is -0.774. The molecule has 0 saturated carbocycles. The van der Waals surface area contributed by atoms with E-state index in [2.05, 4.69) is 4.74 Å². The van der Waals surface area contributed by atoms with Gasteiger partial charge in [-0.25, -0.2) is 4.79 Å². The Morgan fingerprint density at radius 3 is 2.54 bits per heavy atom. The average Bonchev–Trinajstić information content (AvgIpc) is 2.06. The van der Waals surface area contributed by atoms with Crippen molar-refractivity contribution in [3.63, 3.8) is 0 Å². The van der Waals surface area contributed by atoms with Gasteiger partial charge < -0.3 is 9.84 Å². The van der Waals surface area contributed by atoms with Crippen molar-refractivity contribution in [3.05, 3.63) is 11.8 Å². The van der Waals surface area contributed by atoms with Gasteiger partial charge in [0.05, 0.1) is 18.6 Å². The number of rotatable bonds is 5. The van der Waals surface area contributed by atoms with E-state index >= 15 is 0 Å². The normalized spacial score (nSPS) is 11.1. The summed E-state index contributed by atoms with van der Waals surface area (Å²) in [5, 5.41) is 8.63. The number of carbonyl (C=O) groups excluding carboxylic acids is 2. The van der Waals surface area contributed by atoms with E-state index in [-0.39, 0.29) is 17.9 Å². The maximum Gasteiger partial charge on any atom is 0.344 e. The maximum absolute atomic E-state index is 11.1. The molecule has 0 spiro atoms. The Morgan fingerprint density at radius 2 is 2.15 bits per heavy atom. The number of carbonyl (C=O) groups is 2. The summed E-state index contributed by atoms with van der Waals surface area (Å²) in [6.07, 6.45) is 2.23. The third kappa shape index (κ3) is 3.98. The van der Waals surface area contributed by atoms with E-state index in [1.54, 1.807) is 13.2 Å². The number of ether oxygens (including phenoxy) is 1. The highest BCUT2D eigenvalue weighted by Crippen LogP contribution is 2.04. The molecule has 0 fully saturated rings. The Labute approximate surface area is 81.0 Å². The Hall–Kier alpha value is -0.970. The molecule has 0 aromatic heterocycles. The van der Waals surface area contributed by atoms with Crippen molar-refractivity contribution in [1.29, 1.82) is 0 Å². The topological polar surface area (TPSA) is 63.6 Å². The lowest BCUT2D eigenvalue weighted by molar-refractivity contribution is -0.139. The molecule has 0 amide bonds. The molecule has 0 aliphatic heterocycles. The number of esters is 1. The van der Waals surface area contributed by atoms with Crippen molar-refractivity contribution in [3.8, 4) is 0 Å². The van der Waals surface area contributed by atoms with Crippen molar-refractivity contribution in [2.75, 3.05) is 18.6 Å². The summed E-state index contributed by atoms with van der Waals surface area (Å²) in [6, 6.07) is 0. The standard InChI is InChI=1S/C8H12O4S/c1-3-12-8(11)6(4-9)7(10)5-13-2/h4,9H,3,5H2,1-2H3/b6-4-. The number of hydrogen-bond acceptors (Lipinski definition) is 5. The van der Waals surface area contributed by atoms with Crippen LogP contribution in [-0.4, -0.2) is 35.5 Å². The molecular formula is C8H12O4S. The van der Waals surface area contributed by atoms with Gasteiger partial charge in [0.25, 0.3) is 0 Å². The van der Waals surface area contributed by atoms with Crippen molar-refractivity contribution in [1.82, 2.24) is 0 Å². The SMILES string of the molecule is CCOC(=O)/C(=C\O)C(=O)CSC. The summed E-state index contributed by atoms with van der Waals surface area (Å²) in [5.41, 5.74) is -0.295. The fourth-order valence-electron chi connectivity index (χ4n) is 0.656. The van der Waals surface area contributed by atoms with Gasteiger partial charge in [0.15, 0.2) is 5.78 Å². The van der Waals surface area contributed by atoms with Crippen LogP contribution >= 0.6 is 11.8 Å². The summed E-state index contributed by atoms with van der Waals surface area (Å²) < 4.78 is 4.57. The van der Waals surface area contributed by atoms with E-state index in [0.29, 0.717) is 6.26 Å². The molecule has 0 atom stereocenters. The molecule has 4 nitrogen and oxygen atoms in total. The van der Waals surface area contributed by atoms with E-state index in [1.807, 2.05) is 0 Å². The van der Waals surface area contributed by atoms with Gasteiger partial charge in [-0.05, 0) is 13.2 Å². The fraction of sp³-hybridized carbons (Fsp3) is 0.500. The van der Waals surface area contributed by atoms with Crippen LogP contribution in [0.3, 0.4) is 0 Å². The first-order valence-electron chi connectivity index (χ1n) is 3.71. The van der Waals surface area contributed by atoms with E-state index < -0.39 is 11.8 Å². The Bertz CT molecular complexity index is 202. The van der Waals surface area contributed by atoms with Crippen LogP contribution < -0.4 is 0 Å². The highest BCUT2D eigenvalue weighted by atomic mass is 32.2. The smallest absolute Gasteiger partial charge is 0.344 e. The fourth-order valence-corrected chi connectivity index (χ4v) is 1.07. The van der Waals surface area contributed by atoms with E-state index in [1.165, 1.54) is 11.8 Å². The molecule has 0 aliphatic rings. The van der Waals surface area contributed by atoms with Gasteiger partial charge in [0.2, 0.25) is 0 Å². The van der Waals surface area contributed by atoms with Crippen LogP contribution in [0.25, 0.3) is 0 Å². The van der Waals surface area contributed by atoms with Crippen molar-refractivity contribution in [2.24, 2.45) is 0 Å². The van der Waals surface area contributed by atoms with Crippen molar-refractivity contribution >= 4 is 23.5 Å². The van der Waals surface area contributed by atoms with Crippen LogP contribution in [0.2, 0.25) is 0 Å². The third-order valence-corrected chi connectivity index (χ3v) is 1.75. The zero-order valence-electron chi connectivity index (χ0n) is 7.57. The molecule has 5 heteroatoms. The molecule has 0 bridgehead atoms. The van der Waals surface area contributed by atoms with E-state index in [0.717, 1.165) is 0 Å². The number of ketones is 1. The van der Waals surface area contributed by atoms with Crippen LogP contribution in [0.1, 0.15) is 6.92 Å². The van der Waals surface area contributed by atoms with E-state index in [9.17, 15) is 9.59 Å². The second kappa shape index (κ2) is 6.54. The van der Waals surface area contributed by atoms with Gasteiger partial charge in [0.1, 0.15) is 5.57 Å². The minimum absolute atomic E-state index is 0.158. The second-order valence-corrected chi connectivity index (χ2v) is 2.99. The Kier molecular flexibility index (Phi) is 6.05. The minimum Gasteiger partial charge on any atom is -0.515 e. The molecule has 0 saturated heterocycles. The number of aliphatic hydroxyl groups is 1. The summed E-state index contributed by atoms with van der Waals surface area (Å²) in [6.45, 7) is 1.81. The monoisotopic (exact) mass is 204 g/mol. The van der Waals surface area contributed by atoms with Crippen LogP contribution in [0.4, 0.5) is 0 Å². The number of hydrogen-bond donors (Lipinski definition) is 1. The molecule has 0 heterocycles. The molecular weight excluding hydrogens is 192 g/mol. The van der Waals surface area contributed by atoms with Crippen molar-refractivity contribution < 1.29 is 19.4 Å². The summed E-state index contributed by atoms with van der Waals surface area (Å²) in [7, 11) is 0. The van der Waals surface area contributed by atoms with Crippen LogP contribution in [-0.2, 0) is 14.3 Å². The molecule has 0 unspecified atom stereocenters. The first-order valence-corrected chi connectivity index (χ1v) is 5.10. The van der Waals surface area contributed by atoms with Gasteiger partial charge in [-0.2, -0.15) is 11.8 Å². The van der Waals surface area contributed by atoms with Crippen molar-refractivity contribution in [2.45, 2.75) is 6.92 Å². The quantitative estimate of drug-likeness (QED) is 0.237. The zero-order chi connectivity index (χ0) is 10.3. The largest absolute Gasteiger partial charge is 0.515 e. The van der Waals surface area contributed by atoms with Crippen LogP contribution in [0, 0.1) is 0 Å². The zero-order valence-corrected chi connectivity index (χ0v) is 8.39. The maximum atomic E-state index is 11.1. The number of aliphatic hydroxyl groups excluding tert-OH is 1. The molecule has 0 aliphatic carbocycles. The summed E-state index contributed by atoms with van der Waals surface area (Å²) >= 11 is 1.28. The highest BCUT2D eigenvalue weighted by Gasteiger charge is 2.18. The van der Waals surface area contributed by atoms with Gasteiger partial charge in [-0.3, -0.25) is 4.79 Å². The van der Waals surface area contributed by atoms with Gasteiger partial charge in [-0.15, -0.1) is 0 Å². The number of Topliss-reactive ketones (excluding diaryl/α,β-unsaturated/α-hetero) is 1. The predicted octanol–water partition coefficient (Wildman–Crippen LogP) is 0.923. The predicted molar refractivity (Wildman–Crippen MR) is 50.7 cm³/mol. The van der Waals surface area contributed by atoms with Crippen LogP contribution in [0.5, 0.6) is 0 Å². The summed E-state index contributed by atoms with van der Waals surface area (Å²) in [4.78, 5) is 22.2. The van der Waals surface area contributed by atoms with Gasteiger partial charge in [-0.1, -0.05) is 0 Å². The van der Waals surface area contributed by atoms with Crippen LogP contribution in [0.15, 0.2) is 11.8 Å². The van der Waals surface area contributed by atoms with Gasteiger partial charge in [0, 0.05) is 0 Å². The highest BCUT2D eigenvalue weighted by molar-refractivity contribution is 7.99. The molecule has 0 aromatic carbocycles. The molecule has 13 heavy (non-hydrogen) atoms. The summed E-state index contributed by atoms with van der Waals surface area (Å²) in [5.74, 6) is -1.04. The lowest BCUT2D eigenvalue weighted by Crippen LogP contribution is -2.17. The number of thioether (sulfide) groups is 1. The molecule has 0 rings (SSSR count). The molecule has 1 N–H and O–H groups in total. The third-order valence-electron chi connectivity index (χ3n) is 1.20. The lowest BCUT2D eigenvalue weighted by Gasteiger charge is -2.02. The Morgan fingerprint density at radius 1 is 1.54 bits per heavy atom. The second-order valence-electron chi connectivity index (χ2n) is 2.12.